The molecular weight excluding hydrogens is 234 g/mol. The fourth-order valence-corrected chi connectivity index (χ4v) is 1.60. The van der Waals surface area contributed by atoms with Gasteiger partial charge in [-0.3, -0.25) is 0 Å². The van der Waals surface area contributed by atoms with E-state index in [2.05, 4.69) is 29.5 Å². The van der Waals surface area contributed by atoms with Gasteiger partial charge >= 0.3 is 0 Å². The molecule has 0 saturated heterocycles. The molecule has 0 aliphatic heterocycles. The molecule has 0 aliphatic carbocycles. The molecule has 94 valence electrons. The third-order valence-electron chi connectivity index (χ3n) is 2.20. The van der Waals surface area contributed by atoms with E-state index in [1.807, 2.05) is 24.3 Å². The summed E-state index contributed by atoms with van der Waals surface area (Å²) in [5.41, 5.74) is 1.12. The quantitative estimate of drug-likeness (QED) is 0.625. The van der Waals surface area contributed by atoms with Gasteiger partial charge in [-0.05, 0) is 31.0 Å². The molecule has 0 atom stereocenters. The van der Waals surface area contributed by atoms with Gasteiger partial charge in [0.15, 0.2) is 5.96 Å². The minimum atomic E-state index is 0.638. The van der Waals surface area contributed by atoms with Crippen LogP contribution < -0.4 is 10.6 Å². The standard InChI is InChI=1S/C13H20ClN3/c1-3-8-16-13(15-4-2)17-10-11-6-5-7-12(14)9-11/h5-7,9H,3-4,8,10H2,1-2H3,(H2,15,16,17). The zero-order chi connectivity index (χ0) is 12.5. The van der Waals surface area contributed by atoms with Crippen molar-refractivity contribution in [2.24, 2.45) is 4.99 Å². The zero-order valence-electron chi connectivity index (χ0n) is 10.5. The molecule has 0 unspecified atom stereocenters. The van der Waals surface area contributed by atoms with Crippen LogP contribution in [0.3, 0.4) is 0 Å². The highest BCUT2D eigenvalue weighted by atomic mass is 35.5. The summed E-state index contributed by atoms with van der Waals surface area (Å²) in [7, 11) is 0. The Kier molecular flexibility index (Phi) is 6.48. The lowest BCUT2D eigenvalue weighted by Crippen LogP contribution is -2.37. The van der Waals surface area contributed by atoms with Crippen molar-refractivity contribution < 1.29 is 0 Å². The van der Waals surface area contributed by atoms with Crippen LogP contribution in [0.5, 0.6) is 0 Å². The predicted molar refractivity (Wildman–Crippen MR) is 74.6 cm³/mol. The summed E-state index contributed by atoms with van der Waals surface area (Å²) in [5, 5.41) is 7.22. The lowest BCUT2D eigenvalue weighted by Gasteiger charge is -2.10. The van der Waals surface area contributed by atoms with Gasteiger partial charge in [0.05, 0.1) is 6.54 Å². The van der Waals surface area contributed by atoms with Gasteiger partial charge in [-0.2, -0.15) is 0 Å². The molecule has 0 heterocycles. The van der Waals surface area contributed by atoms with E-state index < -0.39 is 0 Å². The first-order valence-electron chi connectivity index (χ1n) is 6.03. The van der Waals surface area contributed by atoms with Crippen LogP contribution >= 0.6 is 11.6 Å². The Hall–Kier alpha value is -1.22. The Balaban J connectivity index is 2.58. The fraction of sp³-hybridized carbons (Fsp3) is 0.462. The molecule has 0 aromatic heterocycles. The van der Waals surface area contributed by atoms with E-state index in [4.69, 9.17) is 11.6 Å². The number of hydrogen-bond donors (Lipinski definition) is 2. The fourth-order valence-electron chi connectivity index (χ4n) is 1.39. The molecular formula is C13H20ClN3. The zero-order valence-corrected chi connectivity index (χ0v) is 11.2. The van der Waals surface area contributed by atoms with Crippen molar-refractivity contribution >= 4 is 17.6 Å². The van der Waals surface area contributed by atoms with Gasteiger partial charge < -0.3 is 10.6 Å². The van der Waals surface area contributed by atoms with Gasteiger partial charge in [0, 0.05) is 18.1 Å². The second-order valence-corrected chi connectivity index (χ2v) is 4.19. The highest BCUT2D eigenvalue weighted by Crippen LogP contribution is 2.11. The molecule has 1 aromatic rings. The molecule has 1 rings (SSSR count). The van der Waals surface area contributed by atoms with Crippen LogP contribution in [0.15, 0.2) is 29.3 Å². The lowest BCUT2D eigenvalue weighted by atomic mass is 10.2. The van der Waals surface area contributed by atoms with Gasteiger partial charge in [0.1, 0.15) is 0 Å². The summed E-state index contributed by atoms with van der Waals surface area (Å²) in [6, 6.07) is 7.78. The van der Waals surface area contributed by atoms with Crippen LogP contribution in [-0.4, -0.2) is 19.0 Å². The average Bonchev–Trinajstić information content (AvgIpc) is 2.33. The maximum Gasteiger partial charge on any atom is 0.191 e. The Morgan fingerprint density at radius 2 is 2.12 bits per heavy atom. The van der Waals surface area contributed by atoms with E-state index in [0.29, 0.717) is 6.54 Å². The monoisotopic (exact) mass is 253 g/mol. The number of nitrogens with one attached hydrogen (secondary N) is 2. The van der Waals surface area contributed by atoms with E-state index >= 15 is 0 Å². The van der Waals surface area contributed by atoms with Gasteiger partial charge in [-0.25, -0.2) is 4.99 Å². The van der Waals surface area contributed by atoms with Crippen LogP contribution in [-0.2, 0) is 6.54 Å². The van der Waals surface area contributed by atoms with Crippen LogP contribution in [0, 0.1) is 0 Å². The molecule has 4 heteroatoms. The van der Waals surface area contributed by atoms with E-state index in [9.17, 15) is 0 Å². The number of rotatable bonds is 5. The number of benzene rings is 1. The number of nitrogens with zero attached hydrogens (tertiary/aromatic N) is 1. The van der Waals surface area contributed by atoms with Crippen molar-refractivity contribution in [2.75, 3.05) is 13.1 Å². The Morgan fingerprint density at radius 1 is 1.29 bits per heavy atom. The molecule has 0 amide bonds. The summed E-state index contributed by atoms with van der Waals surface area (Å²) in [6.45, 7) is 6.63. The van der Waals surface area contributed by atoms with Crippen LogP contribution in [0.25, 0.3) is 0 Å². The summed E-state index contributed by atoms with van der Waals surface area (Å²) >= 11 is 5.93. The topological polar surface area (TPSA) is 36.4 Å². The molecule has 0 bridgehead atoms. The van der Waals surface area contributed by atoms with E-state index in [1.165, 1.54) is 0 Å². The van der Waals surface area contributed by atoms with E-state index in [-0.39, 0.29) is 0 Å². The highest BCUT2D eigenvalue weighted by Gasteiger charge is 1.96. The lowest BCUT2D eigenvalue weighted by molar-refractivity contribution is 0.785. The second-order valence-electron chi connectivity index (χ2n) is 3.75. The van der Waals surface area contributed by atoms with E-state index in [1.54, 1.807) is 0 Å². The summed E-state index contributed by atoms with van der Waals surface area (Å²) < 4.78 is 0. The summed E-state index contributed by atoms with van der Waals surface area (Å²) in [6.07, 6.45) is 1.08. The molecule has 3 nitrogen and oxygen atoms in total. The molecule has 0 aliphatic rings. The molecule has 0 spiro atoms. The minimum absolute atomic E-state index is 0.638. The minimum Gasteiger partial charge on any atom is -0.357 e. The largest absolute Gasteiger partial charge is 0.357 e. The van der Waals surface area contributed by atoms with Crippen molar-refractivity contribution in [3.63, 3.8) is 0 Å². The van der Waals surface area contributed by atoms with Crippen molar-refractivity contribution in [2.45, 2.75) is 26.8 Å². The van der Waals surface area contributed by atoms with Gasteiger partial charge in [-0.15, -0.1) is 0 Å². The Morgan fingerprint density at radius 3 is 2.76 bits per heavy atom. The van der Waals surface area contributed by atoms with Crippen LogP contribution in [0.4, 0.5) is 0 Å². The SMILES string of the molecule is CCCNC(=NCc1cccc(Cl)c1)NCC. The maximum atomic E-state index is 5.93. The van der Waals surface area contributed by atoms with Gasteiger partial charge in [-0.1, -0.05) is 30.7 Å². The number of guanidine groups is 1. The normalized spacial score (nSPS) is 11.4. The molecule has 1 aromatic carbocycles. The molecule has 17 heavy (non-hydrogen) atoms. The number of halogens is 1. The first-order valence-corrected chi connectivity index (χ1v) is 6.40. The van der Waals surface area contributed by atoms with E-state index in [0.717, 1.165) is 36.1 Å². The third-order valence-corrected chi connectivity index (χ3v) is 2.43. The maximum absolute atomic E-state index is 5.93. The first kappa shape index (κ1) is 13.8. The highest BCUT2D eigenvalue weighted by molar-refractivity contribution is 6.30. The third kappa shape index (κ3) is 5.59. The summed E-state index contributed by atoms with van der Waals surface area (Å²) in [5.74, 6) is 0.856. The Labute approximate surface area is 108 Å². The second kappa shape index (κ2) is 7.96. The summed E-state index contributed by atoms with van der Waals surface area (Å²) in [4.78, 5) is 4.50. The first-order chi connectivity index (χ1) is 8.26. The van der Waals surface area contributed by atoms with Crippen molar-refractivity contribution in [3.05, 3.63) is 34.9 Å². The van der Waals surface area contributed by atoms with Gasteiger partial charge in [0.25, 0.3) is 0 Å². The predicted octanol–water partition coefficient (Wildman–Crippen LogP) is 2.81. The van der Waals surface area contributed by atoms with Gasteiger partial charge in [0.2, 0.25) is 0 Å². The molecule has 0 fully saturated rings. The van der Waals surface area contributed by atoms with Crippen molar-refractivity contribution in [1.29, 1.82) is 0 Å². The Bertz CT molecular complexity index is 363. The number of aliphatic imine (C=N–C) groups is 1. The van der Waals surface area contributed by atoms with Crippen LogP contribution in [0.1, 0.15) is 25.8 Å². The molecule has 0 radical (unpaired) electrons. The molecule has 2 N–H and O–H groups in total. The smallest absolute Gasteiger partial charge is 0.191 e. The number of hydrogen-bond acceptors (Lipinski definition) is 1. The average molecular weight is 254 g/mol. The van der Waals surface area contributed by atoms with Crippen molar-refractivity contribution in [1.82, 2.24) is 10.6 Å². The van der Waals surface area contributed by atoms with Crippen LogP contribution in [0.2, 0.25) is 5.02 Å². The van der Waals surface area contributed by atoms with Crippen molar-refractivity contribution in [3.8, 4) is 0 Å². The molecule has 0 saturated carbocycles.